The number of rotatable bonds is 5. The summed E-state index contributed by atoms with van der Waals surface area (Å²) in [5.41, 5.74) is 2.83. The summed E-state index contributed by atoms with van der Waals surface area (Å²) in [6, 6.07) is 12.0. The van der Waals surface area contributed by atoms with Crippen molar-refractivity contribution >= 4 is 27.0 Å². The first-order valence-corrected chi connectivity index (χ1v) is 7.97. The molecule has 0 aliphatic carbocycles. The largest absolute Gasteiger partial charge is 0.342 e. The Balaban J connectivity index is 1.67. The maximum atomic E-state index is 13.2. The molecule has 0 bridgehead atoms. The Morgan fingerprint density at radius 3 is 2.43 bits per heavy atom. The number of fused-ring (bicyclic) bond motifs is 1. The molecule has 1 heterocycles. The quantitative estimate of drug-likeness (QED) is 0.629. The van der Waals surface area contributed by atoms with E-state index in [1.165, 1.54) is 12.1 Å². The van der Waals surface area contributed by atoms with E-state index in [1.807, 2.05) is 18.2 Å². The minimum atomic E-state index is -2.99. The first kappa shape index (κ1) is 16.1. The molecule has 3 rings (SSSR count). The average Bonchev–Trinajstić information content (AvgIpc) is 2.94. The molecule has 0 amide bonds. The normalized spacial score (nSPS) is 12.9. The molecule has 0 fully saturated rings. The Bertz CT molecular complexity index is 799. The Morgan fingerprint density at radius 1 is 1.00 bits per heavy atom. The fraction of sp³-hybridized carbons (Fsp3) is 0.235. The number of aromatic amines is 1. The minimum Gasteiger partial charge on any atom is -0.342 e. The van der Waals surface area contributed by atoms with E-state index in [-0.39, 0.29) is 5.56 Å². The molecule has 23 heavy (non-hydrogen) atoms. The number of alkyl halides is 3. The molecule has 1 unspecified atom stereocenters. The van der Waals surface area contributed by atoms with E-state index in [1.54, 1.807) is 12.1 Å². The second-order valence-corrected chi connectivity index (χ2v) is 6.24. The van der Waals surface area contributed by atoms with Crippen LogP contribution in [0.1, 0.15) is 23.1 Å². The zero-order chi connectivity index (χ0) is 16.4. The Hall–Kier alpha value is -1.82. The number of imidazole rings is 1. The van der Waals surface area contributed by atoms with Gasteiger partial charge in [0.15, 0.2) is 6.17 Å². The molecule has 0 saturated carbocycles. The molecule has 2 aromatic carbocycles. The van der Waals surface area contributed by atoms with Gasteiger partial charge in [0.05, 0.1) is 11.0 Å². The van der Waals surface area contributed by atoms with Crippen LogP contribution in [0.2, 0.25) is 0 Å². The molecule has 1 atom stereocenters. The van der Waals surface area contributed by atoms with E-state index in [4.69, 9.17) is 0 Å². The van der Waals surface area contributed by atoms with Gasteiger partial charge in [-0.3, -0.25) is 0 Å². The molecule has 2 nitrogen and oxygen atoms in total. The lowest BCUT2D eigenvalue weighted by Gasteiger charge is -2.08. The molecule has 0 spiro atoms. The van der Waals surface area contributed by atoms with Gasteiger partial charge in [0.25, 0.3) is 6.43 Å². The predicted molar refractivity (Wildman–Crippen MR) is 87.5 cm³/mol. The Kier molecular flexibility index (Phi) is 4.71. The molecule has 6 heteroatoms. The number of nitrogens with zero attached hydrogens (tertiary/aromatic N) is 1. The van der Waals surface area contributed by atoms with Crippen LogP contribution in [0.4, 0.5) is 13.2 Å². The second kappa shape index (κ2) is 6.74. The summed E-state index contributed by atoms with van der Waals surface area (Å²) < 4.78 is 38.8. The number of aromatic nitrogens is 2. The average molecular weight is 383 g/mol. The van der Waals surface area contributed by atoms with Gasteiger partial charge in [-0.25, -0.2) is 18.2 Å². The van der Waals surface area contributed by atoms with E-state index in [0.717, 1.165) is 26.9 Å². The van der Waals surface area contributed by atoms with E-state index >= 15 is 0 Å². The first-order valence-electron chi connectivity index (χ1n) is 7.18. The molecule has 0 radical (unpaired) electrons. The fourth-order valence-electron chi connectivity index (χ4n) is 2.43. The summed E-state index contributed by atoms with van der Waals surface area (Å²) in [5.74, 6) is 0.859. The fourth-order valence-corrected chi connectivity index (χ4v) is 2.78. The summed E-state index contributed by atoms with van der Waals surface area (Å²) in [7, 11) is 0. The number of hydrogen-bond donors (Lipinski definition) is 1. The predicted octanol–water partition coefficient (Wildman–Crippen LogP) is 5.39. The van der Waals surface area contributed by atoms with Crippen molar-refractivity contribution in [2.24, 2.45) is 0 Å². The zero-order valence-corrected chi connectivity index (χ0v) is 13.7. The van der Waals surface area contributed by atoms with Gasteiger partial charge in [-0.2, -0.15) is 0 Å². The van der Waals surface area contributed by atoms with Crippen LogP contribution in [-0.4, -0.2) is 16.4 Å². The van der Waals surface area contributed by atoms with Gasteiger partial charge in [0, 0.05) is 10.9 Å². The Labute approximate surface area is 139 Å². The van der Waals surface area contributed by atoms with Crippen molar-refractivity contribution in [1.29, 1.82) is 0 Å². The number of aryl methyl sites for hydroxylation is 2. The van der Waals surface area contributed by atoms with Gasteiger partial charge in [-0.15, -0.1) is 0 Å². The number of benzene rings is 2. The zero-order valence-electron chi connectivity index (χ0n) is 12.1. The molecule has 0 aliphatic rings. The highest BCUT2D eigenvalue weighted by atomic mass is 79.9. The smallest absolute Gasteiger partial charge is 0.273 e. The van der Waals surface area contributed by atoms with Gasteiger partial charge in [-0.05, 0) is 35.7 Å². The van der Waals surface area contributed by atoms with Crippen LogP contribution in [0.15, 0.2) is 46.9 Å². The lowest BCUT2D eigenvalue weighted by Crippen LogP contribution is -2.03. The maximum absolute atomic E-state index is 13.2. The first-order chi connectivity index (χ1) is 11.0. The summed E-state index contributed by atoms with van der Waals surface area (Å²) in [5, 5.41) is 0. The van der Waals surface area contributed by atoms with Crippen molar-refractivity contribution in [3.8, 4) is 0 Å². The molecule has 1 aromatic heterocycles. The van der Waals surface area contributed by atoms with Gasteiger partial charge in [-0.1, -0.05) is 40.2 Å². The van der Waals surface area contributed by atoms with E-state index in [2.05, 4.69) is 25.9 Å². The van der Waals surface area contributed by atoms with E-state index in [0.29, 0.717) is 12.8 Å². The number of H-pyrrole nitrogens is 1. The van der Waals surface area contributed by atoms with Crippen molar-refractivity contribution in [3.05, 3.63) is 63.9 Å². The van der Waals surface area contributed by atoms with Gasteiger partial charge in [0.1, 0.15) is 5.82 Å². The van der Waals surface area contributed by atoms with E-state index < -0.39 is 12.6 Å². The van der Waals surface area contributed by atoms with Gasteiger partial charge < -0.3 is 4.98 Å². The third-order valence-electron chi connectivity index (χ3n) is 3.66. The Morgan fingerprint density at radius 2 is 1.74 bits per heavy atom. The van der Waals surface area contributed by atoms with Gasteiger partial charge in [0.2, 0.25) is 0 Å². The molecular weight excluding hydrogens is 369 g/mol. The summed E-state index contributed by atoms with van der Waals surface area (Å²) in [6.45, 7) is 0. The highest BCUT2D eigenvalue weighted by Crippen LogP contribution is 2.25. The summed E-state index contributed by atoms with van der Waals surface area (Å²) >= 11 is 3.41. The SMILES string of the molecule is FC(F)C(F)c1ccc(CCc2nc3cc(Br)ccc3[nH]2)cc1. The number of nitrogens with one attached hydrogen (secondary N) is 1. The van der Waals surface area contributed by atoms with Crippen molar-refractivity contribution in [1.82, 2.24) is 9.97 Å². The minimum absolute atomic E-state index is 0.0114. The van der Waals surface area contributed by atoms with Crippen molar-refractivity contribution in [3.63, 3.8) is 0 Å². The van der Waals surface area contributed by atoms with Crippen LogP contribution < -0.4 is 0 Å². The van der Waals surface area contributed by atoms with Gasteiger partial charge >= 0.3 is 0 Å². The van der Waals surface area contributed by atoms with Crippen LogP contribution in [0, 0.1) is 0 Å². The van der Waals surface area contributed by atoms with Crippen LogP contribution in [0.3, 0.4) is 0 Å². The van der Waals surface area contributed by atoms with Crippen molar-refractivity contribution < 1.29 is 13.2 Å². The highest BCUT2D eigenvalue weighted by Gasteiger charge is 2.20. The van der Waals surface area contributed by atoms with Crippen molar-refractivity contribution in [2.45, 2.75) is 25.4 Å². The standard InChI is InChI=1S/C17H14BrF3N2/c18-12-6-7-13-14(9-12)23-15(22-13)8-3-10-1-4-11(5-2-10)16(19)17(20)21/h1-2,4-7,9,16-17H,3,8H2,(H,22,23). The molecule has 3 aromatic rings. The second-order valence-electron chi connectivity index (χ2n) is 5.32. The third kappa shape index (κ3) is 3.75. The maximum Gasteiger partial charge on any atom is 0.273 e. The topological polar surface area (TPSA) is 28.7 Å². The molecule has 0 aliphatic heterocycles. The van der Waals surface area contributed by atoms with E-state index in [9.17, 15) is 13.2 Å². The monoisotopic (exact) mass is 382 g/mol. The van der Waals surface area contributed by atoms with Crippen LogP contribution in [0.25, 0.3) is 11.0 Å². The molecule has 1 N–H and O–H groups in total. The van der Waals surface area contributed by atoms with Crippen LogP contribution in [-0.2, 0) is 12.8 Å². The molecule has 0 saturated heterocycles. The third-order valence-corrected chi connectivity index (χ3v) is 4.16. The summed E-state index contributed by atoms with van der Waals surface area (Å²) in [6.07, 6.45) is -3.82. The molecular formula is C17H14BrF3N2. The van der Waals surface area contributed by atoms with Crippen LogP contribution in [0.5, 0.6) is 0 Å². The summed E-state index contributed by atoms with van der Waals surface area (Å²) in [4.78, 5) is 7.76. The number of hydrogen-bond acceptors (Lipinski definition) is 1. The lowest BCUT2D eigenvalue weighted by molar-refractivity contribution is 0.0495. The number of halogens is 4. The molecule has 120 valence electrons. The van der Waals surface area contributed by atoms with Crippen LogP contribution >= 0.6 is 15.9 Å². The lowest BCUT2D eigenvalue weighted by atomic mass is 10.0. The highest BCUT2D eigenvalue weighted by molar-refractivity contribution is 9.10. The van der Waals surface area contributed by atoms with Crippen molar-refractivity contribution in [2.75, 3.05) is 0 Å².